The fourth-order valence-corrected chi connectivity index (χ4v) is 6.88. The first-order valence-corrected chi connectivity index (χ1v) is 17.8. The van der Waals surface area contributed by atoms with Crippen molar-refractivity contribution in [2.75, 3.05) is 26.2 Å². The third-order valence-electron chi connectivity index (χ3n) is 10.1. The van der Waals surface area contributed by atoms with E-state index in [1.807, 2.05) is 31.2 Å². The van der Waals surface area contributed by atoms with Crippen molar-refractivity contribution in [2.24, 2.45) is 35.3 Å². The Morgan fingerprint density at radius 3 is 2.21 bits per heavy atom. The zero-order valence-electron chi connectivity index (χ0n) is 30.2. The summed E-state index contributed by atoms with van der Waals surface area (Å²) >= 11 is 0. The monoisotopic (exact) mass is 654 g/mol. The maximum Gasteiger partial charge on any atom is 0.225 e. The minimum atomic E-state index is -0.486. The van der Waals surface area contributed by atoms with Crippen LogP contribution in [0.15, 0.2) is 66.7 Å². The Morgan fingerprint density at radius 1 is 0.854 bits per heavy atom. The van der Waals surface area contributed by atoms with Crippen molar-refractivity contribution in [3.8, 4) is 0 Å². The molecule has 0 aliphatic heterocycles. The van der Waals surface area contributed by atoms with E-state index in [4.69, 9.17) is 1.41 Å². The third kappa shape index (κ3) is 10.9. The molecular weight excluding hydrogens is 598 g/mol. The second-order valence-electron chi connectivity index (χ2n) is 14.4. The number of rotatable bonds is 19. The molecule has 0 bridgehead atoms. The fraction of sp³-hybridized carbons (Fsp3) is 0.512. The molecule has 3 atom stereocenters. The van der Waals surface area contributed by atoms with Crippen molar-refractivity contribution in [3.63, 3.8) is 0 Å². The highest BCUT2D eigenvalue weighted by atomic mass is 16.2. The van der Waals surface area contributed by atoms with Crippen molar-refractivity contribution in [2.45, 2.75) is 78.6 Å². The van der Waals surface area contributed by atoms with Crippen molar-refractivity contribution in [3.05, 3.63) is 83.4 Å². The average Bonchev–Trinajstić information content (AvgIpc) is 3.09. The highest BCUT2D eigenvalue weighted by Crippen LogP contribution is 2.31. The molecule has 7 nitrogen and oxygen atoms in total. The maximum absolute atomic E-state index is 13.3. The van der Waals surface area contributed by atoms with E-state index in [1.165, 1.54) is 5.56 Å². The Kier molecular flexibility index (Phi) is 13.5. The number of nitrogens with one attached hydrogen (secondary N) is 2. The van der Waals surface area contributed by atoms with Crippen LogP contribution in [0.1, 0.15) is 82.4 Å². The molecule has 3 unspecified atom stereocenters. The summed E-state index contributed by atoms with van der Waals surface area (Å²) in [6.07, 6.45) is 5.06. The van der Waals surface area contributed by atoms with Gasteiger partial charge in [-0.05, 0) is 84.7 Å². The van der Waals surface area contributed by atoms with Crippen LogP contribution in [0.5, 0.6) is 0 Å². The lowest BCUT2D eigenvalue weighted by Crippen LogP contribution is -2.44. The van der Waals surface area contributed by atoms with Crippen LogP contribution in [0.4, 0.5) is 0 Å². The van der Waals surface area contributed by atoms with Gasteiger partial charge in [-0.25, -0.2) is 0 Å². The molecule has 1 aliphatic carbocycles. The molecule has 1 fully saturated rings. The number of carbonyl (C=O) groups excluding carboxylic acids is 4. The molecule has 4 N–H and O–H groups in total. The molecule has 3 aromatic rings. The van der Waals surface area contributed by atoms with Gasteiger partial charge in [0, 0.05) is 43.8 Å². The van der Waals surface area contributed by atoms with Crippen molar-refractivity contribution in [1.29, 1.82) is 0 Å². The number of ketones is 3. The van der Waals surface area contributed by atoms with E-state index in [0.717, 1.165) is 54.0 Å². The van der Waals surface area contributed by atoms with Gasteiger partial charge in [-0.1, -0.05) is 87.5 Å². The van der Waals surface area contributed by atoms with Gasteiger partial charge in [-0.3, -0.25) is 19.2 Å². The van der Waals surface area contributed by atoms with Gasteiger partial charge in [-0.2, -0.15) is 0 Å². The number of benzene rings is 3. The van der Waals surface area contributed by atoms with E-state index in [0.29, 0.717) is 25.4 Å². The first kappa shape index (κ1) is 35.6. The maximum atomic E-state index is 13.3. The molecule has 7 heteroatoms. The molecule has 1 amide bonds. The summed E-state index contributed by atoms with van der Waals surface area (Å²) in [5, 5.41) is 8.50. The van der Waals surface area contributed by atoms with E-state index in [-0.39, 0.29) is 66.4 Å². The van der Waals surface area contributed by atoms with E-state index in [1.54, 1.807) is 6.92 Å². The van der Waals surface area contributed by atoms with E-state index < -0.39 is 5.92 Å². The van der Waals surface area contributed by atoms with E-state index in [2.05, 4.69) is 72.7 Å². The lowest BCUT2D eigenvalue weighted by molar-refractivity contribution is -0.129. The lowest BCUT2D eigenvalue weighted by atomic mass is 9.77. The molecule has 0 saturated heterocycles. The van der Waals surface area contributed by atoms with Crippen LogP contribution in [0.2, 0.25) is 1.41 Å². The predicted molar refractivity (Wildman–Crippen MR) is 194 cm³/mol. The SMILES string of the molecule is [2H]NCC(CNCC(=O)C(C)c1ccc(CC(C)C)cc1)C(=O)NCC1CCC(C(=O)CC(Cc2ccc3ccccc3c2)C(C)=O)CC1. The molecule has 0 aromatic heterocycles. The molecular formula is C41H55N3O4. The van der Waals surface area contributed by atoms with E-state index >= 15 is 0 Å². The summed E-state index contributed by atoms with van der Waals surface area (Å²) in [5.74, 6) is -0.113. The fourth-order valence-electron chi connectivity index (χ4n) is 6.88. The molecule has 258 valence electrons. The Bertz CT molecular complexity index is 1550. The number of nitrogens with two attached hydrogens (primary N) is 1. The summed E-state index contributed by atoms with van der Waals surface area (Å²) in [6.45, 7) is 9.02. The molecule has 1 saturated carbocycles. The molecule has 0 heterocycles. The summed E-state index contributed by atoms with van der Waals surface area (Å²) in [6, 6.07) is 22.6. The largest absolute Gasteiger partial charge is 0.356 e. The van der Waals surface area contributed by atoms with Gasteiger partial charge in [0.25, 0.3) is 0 Å². The van der Waals surface area contributed by atoms with Gasteiger partial charge < -0.3 is 16.4 Å². The van der Waals surface area contributed by atoms with Crippen LogP contribution in [-0.4, -0.2) is 49.4 Å². The summed E-state index contributed by atoms with van der Waals surface area (Å²) in [4.78, 5) is 51.8. The predicted octanol–water partition coefficient (Wildman–Crippen LogP) is 6.21. The Balaban J connectivity index is 1.17. The molecule has 4 rings (SSSR count). The van der Waals surface area contributed by atoms with Crippen LogP contribution in [0.25, 0.3) is 10.8 Å². The van der Waals surface area contributed by atoms with Crippen molar-refractivity contribution >= 4 is 34.0 Å². The lowest BCUT2D eigenvalue weighted by Gasteiger charge is -2.29. The van der Waals surface area contributed by atoms with Gasteiger partial charge in [0.1, 0.15) is 13.0 Å². The van der Waals surface area contributed by atoms with Crippen LogP contribution < -0.4 is 16.4 Å². The van der Waals surface area contributed by atoms with Crippen LogP contribution in [0, 0.1) is 29.6 Å². The molecule has 0 spiro atoms. The summed E-state index contributed by atoms with van der Waals surface area (Å²) in [7, 11) is 0. The number of Topliss-reactive ketones (excluding diaryl/α,β-unsaturated/α-hetero) is 3. The van der Waals surface area contributed by atoms with Crippen molar-refractivity contribution < 1.29 is 20.6 Å². The number of amides is 1. The molecule has 0 radical (unpaired) electrons. The van der Waals surface area contributed by atoms with Gasteiger partial charge in [0.15, 0.2) is 5.78 Å². The average molecular weight is 655 g/mol. The highest BCUT2D eigenvalue weighted by Gasteiger charge is 2.30. The summed E-state index contributed by atoms with van der Waals surface area (Å²) < 4.78 is 7.47. The number of hydrogen-bond donors (Lipinski definition) is 3. The molecule has 1 aliphatic rings. The topological polar surface area (TPSA) is 118 Å². The van der Waals surface area contributed by atoms with Gasteiger partial charge in [0.2, 0.25) is 5.91 Å². The number of carbonyl (C=O) groups is 4. The third-order valence-corrected chi connectivity index (χ3v) is 10.1. The minimum absolute atomic E-state index is 0.0484. The number of hydrogen-bond acceptors (Lipinski definition) is 6. The Hall–Kier alpha value is -3.68. The Morgan fingerprint density at radius 2 is 1.54 bits per heavy atom. The van der Waals surface area contributed by atoms with E-state index in [9.17, 15) is 19.2 Å². The number of fused-ring (bicyclic) bond motifs is 1. The first-order chi connectivity index (χ1) is 23.5. The molecule has 3 aromatic carbocycles. The van der Waals surface area contributed by atoms with Gasteiger partial charge in [-0.15, -0.1) is 0 Å². The quantitative estimate of drug-likeness (QED) is 0.142. The summed E-state index contributed by atoms with van der Waals surface area (Å²) in [5.41, 5.74) is 5.68. The van der Waals surface area contributed by atoms with Crippen molar-refractivity contribution in [1.82, 2.24) is 10.6 Å². The smallest absolute Gasteiger partial charge is 0.225 e. The minimum Gasteiger partial charge on any atom is -0.356 e. The Labute approximate surface area is 288 Å². The van der Waals surface area contributed by atoms with Crippen LogP contribution in [-0.2, 0) is 32.0 Å². The van der Waals surface area contributed by atoms with Crippen LogP contribution in [0.3, 0.4) is 0 Å². The normalized spacial score (nSPS) is 18.6. The van der Waals surface area contributed by atoms with Gasteiger partial charge >= 0.3 is 0 Å². The second kappa shape index (κ2) is 18.2. The van der Waals surface area contributed by atoms with Crippen LogP contribution >= 0.6 is 0 Å². The molecule has 48 heavy (non-hydrogen) atoms. The zero-order chi connectivity index (χ0) is 35.3. The standard InChI is InChI=1S/C41H55N3O4/c1-27(2)19-30-9-14-33(15-10-30)28(3)40(47)26-43-25-38(23-42)41(48)44-24-31-11-17-35(18-12-31)39(46)22-37(29(4)45)21-32-13-16-34-7-5-6-8-36(34)20-32/h5-10,13-16,20,27-28,31,35,37-38,43H,11-12,17-19,21-26,42H2,1-4H3,(H,44,48)/i/hD. The second-order valence-corrected chi connectivity index (χ2v) is 14.4. The van der Waals surface area contributed by atoms with Gasteiger partial charge in [0.05, 0.1) is 12.5 Å². The highest BCUT2D eigenvalue weighted by molar-refractivity contribution is 5.89. The first-order valence-electron chi connectivity index (χ1n) is 18.3. The zero-order valence-corrected chi connectivity index (χ0v) is 29.2.